The van der Waals surface area contributed by atoms with Gasteiger partial charge in [-0.3, -0.25) is 0 Å². The largest absolute Gasteiger partial charge is 0.382 e. The van der Waals surface area contributed by atoms with Crippen molar-refractivity contribution in [3.05, 3.63) is 11.3 Å². The Morgan fingerprint density at radius 3 is 2.87 bits per heavy atom. The maximum atomic E-state index is 5.99. The molecule has 1 aromatic rings. The topological polar surface area (TPSA) is 63.8 Å². The summed E-state index contributed by atoms with van der Waals surface area (Å²) in [5.74, 6) is 3.37. The summed E-state index contributed by atoms with van der Waals surface area (Å²) in [5, 5.41) is 3.74. The third-order valence-electron chi connectivity index (χ3n) is 2.38. The van der Waals surface area contributed by atoms with Crippen LogP contribution in [0.15, 0.2) is 6.33 Å². The molecule has 2 rings (SSSR count). The Morgan fingerprint density at radius 1 is 1.40 bits per heavy atom. The van der Waals surface area contributed by atoms with Crippen molar-refractivity contribution in [2.45, 2.75) is 18.9 Å². The SMILES string of the molecule is Nc1ncnc(NC2CCSCC2)c1Cl. The number of hydrogen-bond acceptors (Lipinski definition) is 5. The maximum Gasteiger partial charge on any atom is 0.150 e. The molecule has 2 heterocycles. The van der Waals surface area contributed by atoms with Gasteiger partial charge in [0.15, 0.2) is 5.82 Å². The summed E-state index contributed by atoms with van der Waals surface area (Å²) < 4.78 is 0. The van der Waals surface area contributed by atoms with Crippen LogP contribution in [0.1, 0.15) is 12.8 Å². The van der Waals surface area contributed by atoms with Crippen LogP contribution in [0, 0.1) is 0 Å². The summed E-state index contributed by atoms with van der Waals surface area (Å²) in [6, 6.07) is 0.457. The van der Waals surface area contributed by atoms with Crippen LogP contribution in [0.2, 0.25) is 5.02 Å². The lowest BCUT2D eigenvalue weighted by Crippen LogP contribution is -2.25. The van der Waals surface area contributed by atoms with E-state index < -0.39 is 0 Å². The molecule has 0 spiro atoms. The zero-order valence-corrected chi connectivity index (χ0v) is 9.81. The molecule has 1 aliphatic rings. The lowest BCUT2D eigenvalue weighted by molar-refractivity contribution is 0.663. The van der Waals surface area contributed by atoms with Gasteiger partial charge in [0.1, 0.15) is 17.2 Å². The van der Waals surface area contributed by atoms with Crippen LogP contribution in [0.3, 0.4) is 0 Å². The van der Waals surface area contributed by atoms with Gasteiger partial charge in [-0.2, -0.15) is 11.8 Å². The normalized spacial score (nSPS) is 17.7. The van der Waals surface area contributed by atoms with Crippen LogP contribution in [0.4, 0.5) is 11.6 Å². The molecule has 15 heavy (non-hydrogen) atoms. The van der Waals surface area contributed by atoms with Gasteiger partial charge in [-0.15, -0.1) is 0 Å². The van der Waals surface area contributed by atoms with Gasteiger partial charge in [0.05, 0.1) is 0 Å². The Balaban J connectivity index is 2.06. The van der Waals surface area contributed by atoms with Crippen molar-refractivity contribution in [1.29, 1.82) is 0 Å². The summed E-state index contributed by atoms with van der Waals surface area (Å²) in [6.07, 6.45) is 3.72. The smallest absolute Gasteiger partial charge is 0.150 e. The summed E-state index contributed by atoms with van der Waals surface area (Å²) in [7, 11) is 0. The highest BCUT2D eigenvalue weighted by Crippen LogP contribution is 2.26. The quantitative estimate of drug-likeness (QED) is 0.834. The van der Waals surface area contributed by atoms with Gasteiger partial charge in [0, 0.05) is 6.04 Å². The molecule has 1 aliphatic heterocycles. The molecular formula is C9H13ClN4S. The van der Waals surface area contributed by atoms with E-state index in [4.69, 9.17) is 17.3 Å². The highest BCUT2D eigenvalue weighted by molar-refractivity contribution is 7.99. The second-order valence-electron chi connectivity index (χ2n) is 3.45. The predicted molar refractivity (Wildman–Crippen MR) is 65.4 cm³/mol. The number of thioether (sulfide) groups is 1. The highest BCUT2D eigenvalue weighted by Gasteiger charge is 2.16. The van der Waals surface area contributed by atoms with E-state index in [0.29, 0.717) is 22.7 Å². The number of nitrogens with one attached hydrogen (secondary N) is 1. The fourth-order valence-corrected chi connectivity index (χ4v) is 2.78. The number of nitrogens with two attached hydrogens (primary N) is 1. The minimum atomic E-state index is 0.333. The molecule has 1 fully saturated rings. The van der Waals surface area contributed by atoms with E-state index in [1.165, 1.54) is 17.8 Å². The van der Waals surface area contributed by atoms with Crippen molar-refractivity contribution >= 4 is 35.0 Å². The second-order valence-corrected chi connectivity index (χ2v) is 5.06. The Hall–Kier alpha value is -0.680. The van der Waals surface area contributed by atoms with Gasteiger partial charge in [-0.25, -0.2) is 9.97 Å². The molecule has 0 unspecified atom stereocenters. The first-order valence-corrected chi connectivity index (χ1v) is 6.41. The molecule has 0 saturated carbocycles. The van der Waals surface area contributed by atoms with E-state index in [-0.39, 0.29) is 0 Å². The number of nitrogens with zero attached hydrogens (tertiary/aromatic N) is 2. The summed E-state index contributed by atoms with van der Waals surface area (Å²) in [5.41, 5.74) is 5.60. The predicted octanol–water partition coefficient (Wildman–Crippen LogP) is 2.02. The third-order valence-corrected chi connectivity index (χ3v) is 3.80. The molecular weight excluding hydrogens is 232 g/mol. The molecule has 3 N–H and O–H groups in total. The van der Waals surface area contributed by atoms with Gasteiger partial charge in [-0.1, -0.05) is 11.6 Å². The first-order chi connectivity index (χ1) is 7.27. The fourth-order valence-electron chi connectivity index (χ4n) is 1.52. The first kappa shape index (κ1) is 10.8. The third kappa shape index (κ3) is 2.66. The average molecular weight is 245 g/mol. The number of rotatable bonds is 2. The molecule has 6 heteroatoms. The molecule has 1 saturated heterocycles. The molecule has 0 atom stereocenters. The van der Waals surface area contributed by atoms with Crippen LogP contribution in [-0.4, -0.2) is 27.5 Å². The molecule has 0 bridgehead atoms. The summed E-state index contributed by atoms with van der Waals surface area (Å²) in [4.78, 5) is 7.92. The van der Waals surface area contributed by atoms with Crippen LogP contribution < -0.4 is 11.1 Å². The van der Waals surface area contributed by atoms with Crippen molar-refractivity contribution < 1.29 is 0 Å². The van der Waals surface area contributed by atoms with Gasteiger partial charge in [0.25, 0.3) is 0 Å². The van der Waals surface area contributed by atoms with Gasteiger partial charge in [0.2, 0.25) is 0 Å². The molecule has 0 radical (unpaired) electrons. The Bertz CT molecular complexity index is 341. The van der Waals surface area contributed by atoms with E-state index >= 15 is 0 Å². The van der Waals surface area contributed by atoms with Crippen molar-refractivity contribution in [2.24, 2.45) is 0 Å². The minimum Gasteiger partial charge on any atom is -0.382 e. The summed E-state index contributed by atoms with van der Waals surface area (Å²) >= 11 is 7.98. The fraction of sp³-hybridized carbons (Fsp3) is 0.556. The van der Waals surface area contributed by atoms with Crippen LogP contribution in [-0.2, 0) is 0 Å². The van der Waals surface area contributed by atoms with Crippen molar-refractivity contribution in [3.63, 3.8) is 0 Å². The van der Waals surface area contributed by atoms with Crippen molar-refractivity contribution in [1.82, 2.24) is 9.97 Å². The average Bonchev–Trinajstić information content (AvgIpc) is 2.26. The van der Waals surface area contributed by atoms with E-state index in [9.17, 15) is 0 Å². The van der Waals surface area contributed by atoms with E-state index in [1.807, 2.05) is 11.8 Å². The van der Waals surface area contributed by atoms with Crippen molar-refractivity contribution in [2.75, 3.05) is 22.6 Å². The van der Waals surface area contributed by atoms with E-state index in [2.05, 4.69) is 15.3 Å². The van der Waals surface area contributed by atoms with Crippen LogP contribution >= 0.6 is 23.4 Å². The first-order valence-electron chi connectivity index (χ1n) is 4.87. The van der Waals surface area contributed by atoms with Crippen molar-refractivity contribution in [3.8, 4) is 0 Å². The molecule has 0 aromatic carbocycles. The van der Waals surface area contributed by atoms with Crippen LogP contribution in [0.5, 0.6) is 0 Å². The zero-order chi connectivity index (χ0) is 10.7. The lowest BCUT2D eigenvalue weighted by atomic mass is 10.1. The standard InChI is InChI=1S/C9H13ClN4S/c10-7-8(11)12-5-13-9(7)14-6-1-3-15-4-2-6/h5-6H,1-4H2,(H3,11,12,13,14). The van der Waals surface area contributed by atoms with Crippen LogP contribution in [0.25, 0.3) is 0 Å². The molecule has 1 aromatic heterocycles. The number of hydrogen-bond donors (Lipinski definition) is 2. The Labute approximate surface area is 98.0 Å². The molecule has 4 nitrogen and oxygen atoms in total. The van der Waals surface area contributed by atoms with Gasteiger partial charge >= 0.3 is 0 Å². The Kier molecular flexibility index (Phi) is 3.53. The highest BCUT2D eigenvalue weighted by atomic mass is 35.5. The monoisotopic (exact) mass is 244 g/mol. The summed E-state index contributed by atoms with van der Waals surface area (Å²) in [6.45, 7) is 0. The second kappa shape index (κ2) is 4.90. The molecule has 0 aliphatic carbocycles. The Morgan fingerprint density at radius 2 is 2.13 bits per heavy atom. The number of nitrogen functional groups attached to an aromatic ring is 1. The number of halogens is 1. The maximum absolute atomic E-state index is 5.99. The van der Waals surface area contributed by atoms with E-state index in [1.54, 1.807) is 0 Å². The minimum absolute atomic E-state index is 0.333. The number of anilines is 2. The van der Waals surface area contributed by atoms with Gasteiger partial charge in [-0.05, 0) is 24.3 Å². The van der Waals surface area contributed by atoms with Gasteiger partial charge < -0.3 is 11.1 Å². The number of aromatic nitrogens is 2. The molecule has 0 amide bonds. The zero-order valence-electron chi connectivity index (χ0n) is 8.24. The lowest BCUT2D eigenvalue weighted by Gasteiger charge is -2.23. The van der Waals surface area contributed by atoms with E-state index in [0.717, 1.165) is 12.8 Å². The molecule has 82 valence electrons.